The third-order valence-electron chi connectivity index (χ3n) is 1.95. The number of nitrogens with one attached hydrogen (secondary N) is 1. The number of rotatable bonds is 3. The molecule has 1 aromatic rings. The molecule has 1 aromatic heterocycles. The van der Waals surface area contributed by atoms with Gasteiger partial charge in [0.15, 0.2) is 0 Å². The Hall–Kier alpha value is -0.840. The Morgan fingerprint density at radius 2 is 2.54 bits per heavy atom. The van der Waals surface area contributed by atoms with Crippen molar-refractivity contribution in [1.82, 2.24) is 15.1 Å². The van der Waals surface area contributed by atoms with Crippen LogP contribution in [0.1, 0.15) is 17.3 Å². The normalized spacial score (nSPS) is 12.5. The average molecular weight is 246 g/mol. The third kappa shape index (κ3) is 2.30. The highest BCUT2D eigenvalue weighted by Crippen LogP contribution is 2.05. The minimum atomic E-state index is -0.0132. The van der Waals surface area contributed by atoms with Gasteiger partial charge in [-0.25, -0.2) is 0 Å². The molecule has 0 spiro atoms. The molecule has 0 saturated heterocycles. The zero-order chi connectivity index (χ0) is 9.84. The van der Waals surface area contributed by atoms with E-state index in [0.717, 1.165) is 5.33 Å². The number of aromatic amines is 1. The van der Waals surface area contributed by atoms with Crippen molar-refractivity contribution < 1.29 is 4.79 Å². The third-order valence-corrected chi connectivity index (χ3v) is 2.89. The van der Waals surface area contributed by atoms with Crippen LogP contribution in [0.25, 0.3) is 0 Å². The number of nitrogens with zero attached hydrogens (tertiary/aromatic N) is 2. The zero-order valence-corrected chi connectivity index (χ0v) is 9.21. The summed E-state index contributed by atoms with van der Waals surface area (Å²) in [7, 11) is 1.78. The molecule has 0 aliphatic carbocycles. The van der Waals surface area contributed by atoms with E-state index in [1.54, 1.807) is 18.1 Å². The quantitative estimate of drug-likeness (QED) is 0.816. The molecule has 4 nitrogen and oxygen atoms in total. The monoisotopic (exact) mass is 245 g/mol. The average Bonchev–Trinajstić information content (AvgIpc) is 2.67. The molecule has 1 unspecified atom stereocenters. The van der Waals surface area contributed by atoms with Crippen LogP contribution in [-0.4, -0.2) is 39.4 Å². The van der Waals surface area contributed by atoms with Gasteiger partial charge in [0, 0.05) is 24.6 Å². The number of H-pyrrole nitrogens is 1. The van der Waals surface area contributed by atoms with Crippen molar-refractivity contribution in [1.29, 1.82) is 0 Å². The number of hydrogen-bond acceptors (Lipinski definition) is 2. The Labute approximate surface area is 85.4 Å². The van der Waals surface area contributed by atoms with Gasteiger partial charge in [-0.15, -0.1) is 0 Å². The molecule has 0 fully saturated rings. The van der Waals surface area contributed by atoms with E-state index in [-0.39, 0.29) is 11.9 Å². The molecule has 72 valence electrons. The molecule has 1 rings (SSSR count). The molecule has 13 heavy (non-hydrogen) atoms. The van der Waals surface area contributed by atoms with E-state index in [1.807, 2.05) is 6.92 Å². The van der Waals surface area contributed by atoms with Gasteiger partial charge in [-0.2, -0.15) is 5.10 Å². The fraction of sp³-hybridized carbons (Fsp3) is 0.500. The fourth-order valence-electron chi connectivity index (χ4n) is 0.875. The van der Waals surface area contributed by atoms with Crippen molar-refractivity contribution in [3.8, 4) is 0 Å². The first-order valence-electron chi connectivity index (χ1n) is 3.98. The predicted molar refractivity (Wildman–Crippen MR) is 53.9 cm³/mol. The molecule has 1 N–H and O–H groups in total. The van der Waals surface area contributed by atoms with Crippen LogP contribution < -0.4 is 0 Å². The molecule has 5 heteroatoms. The van der Waals surface area contributed by atoms with Crippen LogP contribution in [0, 0.1) is 0 Å². The maximum absolute atomic E-state index is 11.7. The second kappa shape index (κ2) is 4.41. The molecule has 0 aromatic carbocycles. The van der Waals surface area contributed by atoms with Gasteiger partial charge in [-0.1, -0.05) is 15.9 Å². The molecule has 1 amide bonds. The lowest BCUT2D eigenvalue weighted by Crippen LogP contribution is -2.35. The summed E-state index contributed by atoms with van der Waals surface area (Å²) in [6, 6.07) is 0.183. The number of hydrogen-bond donors (Lipinski definition) is 1. The van der Waals surface area contributed by atoms with Crippen LogP contribution in [0.5, 0.6) is 0 Å². The Bertz CT molecular complexity index is 273. The smallest absolute Gasteiger partial charge is 0.257 e. The summed E-state index contributed by atoms with van der Waals surface area (Å²) in [4.78, 5) is 13.3. The summed E-state index contributed by atoms with van der Waals surface area (Å²) in [6.45, 7) is 1.98. The molecule has 0 aliphatic heterocycles. The fourth-order valence-corrected chi connectivity index (χ4v) is 1.31. The summed E-state index contributed by atoms with van der Waals surface area (Å²) < 4.78 is 0. The summed E-state index contributed by atoms with van der Waals surface area (Å²) in [5, 5.41) is 7.11. The lowest BCUT2D eigenvalue weighted by molar-refractivity contribution is 0.0758. The second-order valence-corrected chi connectivity index (χ2v) is 3.55. The molecule has 1 atom stereocenters. The van der Waals surface area contributed by atoms with E-state index < -0.39 is 0 Å². The maximum Gasteiger partial charge on any atom is 0.257 e. The number of amides is 1. The van der Waals surface area contributed by atoms with Crippen LogP contribution in [0.4, 0.5) is 0 Å². The van der Waals surface area contributed by atoms with Gasteiger partial charge in [-0.3, -0.25) is 9.89 Å². The summed E-state index contributed by atoms with van der Waals surface area (Å²) in [5.74, 6) is -0.0132. The minimum Gasteiger partial charge on any atom is -0.338 e. The maximum atomic E-state index is 11.7. The van der Waals surface area contributed by atoms with E-state index in [9.17, 15) is 4.79 Å². The molecule has 0 saturated carbocycles. The standard InChI is InChI=1S/C8H12BrN3O/c1-6(3-9)12(2)8(13)7-4-10-11-5-7/h4-6H,3H2,1-2H3,(H,10,11). The summed E-state index contributed by atoms with van der Waals surface area (Å²) in [6.07, 6.45) is 3.12. The van der Waals surface area contributed by atoms with Gasteiger partial charge in [0.2, 0.25) is 0 Å². The van der Waals surface area contributed by atoms with E-state index in [2.05, 4.69) is 26.1 Å². The Kier molecular flexibility index (Phi) is 3.48. The van der Waals surface area contributed by atoms with Crippen molar-refractivity contribution >= 4 is 21.8 Å². The van der Waals surface area contributed by atoms with E-state index in [0.29, 0.717) is 5.56 Å². The Morgan fingerprint density at radius 3 is 3.00 bits per heavy atom. The van der Waals surface area contributed by atoms with Crippen molar-refractivity contribution in [2.75, 3.05) is 12.4 Å². The molecule has 0 bridgehead atoms. The van der Waals surface area contributed by atoms with Crippen molar-refractivity contribution in [3.05, 3.63) is 18.0 Å². The van der Waals surface area contributed by atoms with Gasteiger partial charge < -0.3 is 4.90 Å². The number of aromatic nitrogens is 2. The van der Waals surface area contributed by atoms with E-state index in [1.165, 1.54) is 6.20 Å². The topological polar surface area (TPSA) is 49.0 Å². The van der Waals surface area contributed by atoms with Gasteiger partial charge >= 0.3 is 0 Å². The van der Waals surface area contributed by atoms with Crippen LogP contribution >= 0.6 is 15.9 Å². The lowest BCUT2D eigenvalue weighted by Gasteiger charge is -2.22. The first-order chi connectivity index (χ1) is 6.16. The van der Waals surface area contributed by atoms with E-state index in [4.69, 9.17) is 0 Å². The molecular weight excluding hydrogens is 234 g/mol. The highest BCUT2D eigenvalue weighted by molar-refractivity contribution is 9.09. The second-order valence-electron chi connectivity index (χ2n) is 2.91. The van der Waals surface area contributed by atoms with Crippen LogP contribution in [-0.2, 0) is 0 Å². The Morgan fingerprint density at radius 1 is 1.85 bits per heavy atom. The molecule has 0 aliphatic rings. The minimum absolute atomic E-state index is 0.0132. The summed E-state index contributed by atoms with van der Waals surface area (Å²) >= 11 is 3.33. The largest absolute Gasteiger partial charge is 0.338 e. The highest BCUT2D eigenvalue weighted by atomic mass is 79.9. The highest BCUT2D eigenvalue weighted by Gasteiger charge is 2.16. The first-order valence-corrected chi connectivity index (χ1v) is 5.11. The van der Waals surface area contributed by atoms with Gasteiger partial charge in [0.25, 0.3) is 5.91 Å². The van der Waals surface area contributed by atoms with Gasteiger partial charge in [0.05, 0.1) is 11.8 Å². The lowest BCUT2D eigenvalue weighted by atomic mass is 10.2. The summed E-state index contributed by atoms with van der Waals surface area (Å²) in [5.41, 5.74) is 0.593. The van der Waals surface area contributed by atoms with Gasteiger partial charge in [0.1, 0.15) is 0 Å². The SMILES string of the molecule is CC(CBr)N(C)C(=O)c1cn[nH]c1. The van der Waals surface area contributed by atoms with Crippen molar-refractivity contribution in [3.63, 3.8) is 0 Å². The van der Waals surface area contributed by atoms with Crippen LogP contribution in [0.15, 0.2) is 12.4 Å². The Balaban J connectivity index is 2.68. The molecule has 0 radical (unpaired) electrons. The van der Waals surface area contributed by atoms with Crippen LogP contribution in [0.2, 0.25) is 0 Å². The van der Waals surface area contributed by atoms with Crippen molar-refractivity contribution in [2.24, 2.45) is 0 Å². The molecule has 1 heterocycles. The van der Waals surface area contributed by atoms with E-state index >= 15 is 0 Å². The number of alkyl halides is 1. The number of halogens is 1. The van der Waals surface area contributed by atoms with Gasteiger partial charge in [-0.05, 0) is 6.92 Å². The number of carbonyl (C=O) groups is 1. The first kappa shape index (κ1) is 10.2. The van der Waals surface area contributed by atoms with Crippen molar-refractivity contribution in [2.45, 2.75) is 13.0 Å². The number of carbonyl (C=O) groups excluding carboxylic acids is 1. The van der Waals surface area contributed by atoms with Crippen LogP contribution in [0.3, 0.4) is 0 Å². The molecular formula is C8H12BrN3O. The zero-order valence-electron chi connectivity index (χ0n) is 7.62. The predicted octanol–water partition coefficient (Wildman–Crippen LogP) is 1.27.